The highest BCUT2D eigenvalue weighted by atomic mass is 16.6. The van der Waals surface area contributed by atoms with Crippen LogP contribution in [0.4, 0.5) is 5.69 Å². The van der Waals surface area contributed by atoms with Crippen molar-refractivity contribution in [2.45, 2.75) is 52.5 Å². The molecule has 0 saturated carbocycles. The first-order chi connectivity index (χ1) is 16.4. The molecule has 3 aromatic rings. The summed E-state index contributed by atoms with van der Waals surface area (Å²) in [7, 11) is 0. The number of hydrogen-bond donors (Lipinski definition) is 0. The van der Waals surface area contributed by atoms with Gasteiger partial charge < -0.3 is 14.0 Å². The first kappa shape index (κ1) is 23.4. The zero-order valence-electron chi connectivity index (χ0n) is 19.7. The maximum atomic E-state index is 13.2. The van der Waals surface area contributed by atoms with E-state index in [-0.39, 0.29) is 17.5 Å². The molecule has 1 aliphatic rings. The van der Waals surface area contributed by atoms with Gasteiger partial charge in [-0.3, -0.25) is 14.9 Å². The standard InChI is InChI=1S/C25H29N5O4/c1-4-20(14-19-6-5-7-22(15-19)30(32)33)25(31)28-11-8-21(9-12-28)24-26-10-13-29(24)16-23-17(2)27-34-18(23)3/h5-7,10,13-15,21H,4,8-9,11-12,16H2,1-3H3. The molecule has 0 radical (unpaired) electrons. The zero-order valence-corrected chi connectivity index (χ0v) is 19.7. The molecule has 0 aliphatic carbocycles. The SMILES string of the molecule is CCC(=Cc1cccc([N+](=O)[O-])c1)C(=O)N1CCC(c2nccn2Cc2c(C)noc2C)CC1. The fourth-order valence-electron chi connectivity index (χ4n) is 4.50. The van der Waals surface area contributed by atoms with Crippen LogP contribution in [0.3, 0.4) is 0 Å². The van der Waals surface area contributed by atoms with Crippen LogP contribution in [0.2, 0.25) is 0 Å². The van der Waals surface area contributed by atoms with Crippen molar-refractivity contribution in [3.8, 4) is 0 Å². The van der Waals surface area contributed by atoms with E-state index in [0.717, 1.165) is 35.7 Å². The Morgan fingerprint density at radius 3 is 2.71 bits per heavy atom. The van der Waals surface area contributed by atoms with Crippen molar-refractivity contribution in [1.29, 1.82) is 0 Å². The Morgan fingerprint density at radius 2 is 2.06 bits per heavy atom. The van der Waals surface area contributed by atoms with E-state index in [1.165, 1.54) is 12.1 Å². The van der Waals surface area contributed by atoms with E-state index in [4.69, 9.17) is 4.52 Å². The molecule has 2 aromatic heterocycles. The predicted octanol–water partition coefficient (Wildman–Crippen LogP) is 4.64. The summed E-state index contributed by atoms with van der Waals surface area (Å²) in [5, 5.41) is 15.1. The highest BCUT2D eigenvalue weighted by molar-refractivity contribution is 5.97. The molecule has 1 aromatic carbocycles. The number of nitro benzene ring substituents is 1. The smallest absolute Gasteiger partial charge is 0.270 e. The Balaban J connectivity index is 1.43. The number of carbonyl (C=O) groups is 1. The van der Waals surface area contributed by atoms with Crippen molar-refractivity contribution in [2.75, 3.05) is 13.1 Å². The van der Waals surface area contributed by atoms with Gasteiger partial charge in [0.05, 0.1) is 17.2 Å². The quantitative estimate of drug-likeness (QED) is 0.287. The number of imidazole rings is 1. The number of benzene rings is 1. The summed E-state index contributed by atoms with van der Waals surface area (Å²) in [6.45, 7) is 7.75. The van der Waals surface area contributed by atoms with Gasteiger partial charge >= 0.3 is 0 Å². The molecule has 0 atom stereocenters. The minimum atomic E-state index is -0.425. The van der Waals surface area contributed by atoms with Gasteiger partial charge in [-0.25, -0.2) is 4.98 Å². The summed E-state index contributed by atoms with van der Waals surface area (Å²) in [6, 6.07) is 6.36. The highest BCUT2D eigenvalue weighted by Crippen LogP contribution is 2.29. The molecule has 0 spiro atoms. The molecule has 9 nitrogen and oxygen atoms in total. The number of aryl methyl sites for hydroxylation is 2. The molecular formula is C25H29N5O4. The Labute approximate surface area is 198 Å². The number of likely N-dealkylation sites (tertiary alicyclic amines) is 1. The van der Waals surface area contributed by atoms with E-state index in [0.29, 0.717) is 37.2 Å². The fraction of sp³-hybridized carbons (Fsp3) is 0.400. The molecule has 3 heterocycles. The van der Waals surface area contributed by atoms with Crippen molar-refractivity contribution in [3.05, 3.63) is 80.8 Å². The second-order valence-corrected chi connectivity index (χ2v) is 8.66. The third kappa shape index (κ3) is 4.93. The van der Waals surface area contributed by atoms with Crippen molar-refractivity contribution >= 4 is 17.7 Å². The fourth-order valence-corrected chi connectivity index (χ4v) is 4.50. The van der Waals surface area contributed by atoms with Crippen LogP contribution in [0, 0.1) is 24.0 Å². The lowest BCUT2D eigenvalue weighted by atomic mass is 9.94. The normalized spacial score (nSPS) is 15.0. The van der Waals surface area contributed by atoms with Crippen LogP contribution >= 0.6 is 0 Å². The van der Waals surface area contributed by atoms with Crippen molar-refractivity contribution in [2.24, 2.45) is 0 Å². The van der Waals surface area contributed by atoms with Crippen molar-refractivity contribution < 1.29 is 14.2 Å². The maximum absolute atomic E-state index is 13.2. The second kappa shape index (κ2) is 10.0. The third-order valence-electron chi connectivity index (χ3n) is 6.48. The van der Waals surface area contributed by atoms with Gasteiger partial charge in [0.1, 0.15) is 11.6 Å². The summed E-state index contributed by atoms with van der Waals surface area (Å²) in [5.74, 6) is 2.10. The molecule has 1 aliphatic heterocycles. The number of carbonyl (C=O) groups excluding carboxylic acids is 1. The van der Waals surface area contributed by atoms with Gasteiger partial charge in [-0.1, -0.05) is 24.2 Å². The molecule has 0 bridgehead atoms. The molecule has 34 heavy (non-hydrogen) atoms. The lowest BCUT2D eigenvalue weighted by molar-refractivity contribution is -0.384. The first-order valence-corrected chi connectivity index (χ1v) is 11.5. The van der Waals surface area contributed by atoms with E-state index >= 15 is 0 Å². The number of non-ortho nitro benzene ring substituents is 1. The van der Waals surface area contributed by atoms with Crippen molar-refractivity contribution in [1.82, 2.24) is 19.6 Å². The molecule has 1 saturated heterocycles. The van der Waals surface area contributed by atoms with Crippen LogP contribution in [-0.2, 0) is 11.3 Å². The summed E-state index contributed by atoms with van der Waals surface area (Å²) in [5.41, 5.74) is 3.30. The van der Waals surface area contributed by atoms with Crippen LogP contribution in [0.1, 0.15) is 60.5 Å². The highest BCUT2D eigenvalue weighted by Gasteiger charge is 2.28. The number of piperidine rings is 1. The number of hydrogen-bond acceptors (Lipinski definition) is 6. The predicted molar refractivity (Wildman–Crippen MR) is 127 cm³/mol. The lowest BCUT2D eigenvalue weighted by Crippen LogP contribution is -2.39. The van der Waals surface area contributed by atoms with Gasteiger partial charge in [0.2, 0.25) is 5.91 Å². The molecule has 9 heteroatoms. The molecule has 178 valence electrons. The molecule has 1 fully saturated rings. The van der Waals surface area contributed by atoms with Gasteiger partial charge in [0, 0.05) is 54.7 Å². The van der Waals surface area contributed by atoms with Crippen molar-refractivity contribution in [3.63, 3.8) is 0 Å². The van der Waals surface area contributed by atoms with E-state index in [1.807, 2.05) is 38.1 Å². The second-order valence-electron chi connectivity index (χ2n) is 8.66. The number of amides is 1. The van der Waals surface area contributed by atoms with Crippen LogP contribution in [-0.4, -0.2) is 43.5 Å². The van der Waals surface area contributed by atoms with Gasteiger partial charge in [0.25, 0.3) is 5.69 Å². The van der Waals surface area contributed by atoms with Gasteiger partial charge in [-0.15, -0.1) is 0 Å². The average molecular weight is 464 g/mol. The lowest BCUT2D eigenvalue weighted by Gasteiger charge is -2.32. The number of nitro groups is 1. The maximum Gasteiger partial charge on any atom is 0.270 e. The molecule has 0 unspecified atom stereocenters. The third-order valence-corrected chi connectivity index (χ3v) is 6.48. The number of aromatic nitrogens is 3. The topological polar surface area (TPSA) is 107 Å². The monoisotopic (exact) mass is 463 g/mol. The summed E-state index contributed by atoms with van der Waals surface area (Å²) in [4.78, 5) is 30.3. The Bertz CT molecular complexity index is 1200. The van der Waals surface area contributed by atoms with E-state index in [1.54, 1.807) is 18.2 Å². The number of nitrogens with zero attached hydrogens (tertiary/aromatic N) is 5. The Hall–Kier alpha value is -3.75. The van der Waals surface area contributed by atoms with E-state index in [9.17, 15) is 14.9 Å². The molecular weight excluding hydrogens is 434 g/mol. The summed E-state index contributed by atoms with van der Waals surface area (Å²) >= 11 is 0. The number of rotatable bonds is 7. The van der Waals surface area contributed by atoms with Gasteiger partial charge in [0.15, 0.2) is 0 Å². The minimum absolute atomic E-state index is 0.00785. The van der Waals surface area contributed by atoms with E-state index in [2.05, 4.69) is 14.7 Å². The Kier molecular flexibility index (Phi) is 6.90. The molecule has 1 amide bonds. The average Bonchev–Trinajstić information content (AvgIpc) is 3.44. The minimum Gasteiger partial charge on any atom is -0.361 e. The summed E-state index contributed by atoms with van der Waals surface area (Å²) in [6.07, 6.45) is 7.79. The largest absolute Gasteiger partial charge is 0.361 e. The van der Waals surface area contributed by atoms with Gasteiger partial charge in [-0.05, 0) is 44.7 Å². The van der Waals surface area contributed by atoms with Crippen LogP contribution in [0.5, 0.6) is 0 Å². The van der Waals surface area contributed by atoms with Crippen LogP contribution in [0.15, 0.2) is 46.8 Å². The zero-order chi connectivity index (χ0) is 24.2. The summed E-state index contributed by atoms with van der Waals surface area (Å²) < 4.78 is 7.44. The van der Waals surface area contributed by atoms with Gasteiger partial charge in [-0.2, -0.15) is 0 Å². The molecule has 4 rings (SSSR count). The first-order valence-electron chi connectivity index (χ1n) is 11.5. The van der Waals surface area contributed by atoms with Crippen LogP contribution < -0.4 is 0 Å². The molecule has 0 N–H and O–H groups in total. The van der Waals surface area contributed by atoms with E-state index < -0.39 is 4.92 Å². The Morgan fingerprint density at radius 1 is 1.29 bits per heavy atom. The van der Waals surface area contributed by atoms with Crippen LogP contribution in [0.25, 0.3) is 6.08 Å².